The first-order valence-electron chi connectivity index (χ1n) is 7.62. The number of nitrogens with zero attached hydrogens (tertiary/aromatic N) is 3. The number of hydrogen-bond acceptors (Lipinski definition) is 4. The van der Waals surface area contributed by atoms with Gasteiger partial charge in [-0.25, -0.2) is 24.6 Å². The minimum atomic E-state index is -0.510. The average molecular weight is 372 g/mol. The Labute approximate surface area is 152 Å². The summed E-state index contributed by atoms with van der Waals surface area (Å²) in [5.41, 5.74) is 5.23. The Kier molecular flexibility index (Phi) is 4.02. The lowest BCUT2D eigenvalue weighted by Crippen LogP contribution is -2.09. The van der Waals surface area contributed by atoms with Crippen LogP contribution in [0, 0.1) is 11.6 Å². The van der Waals surface area contributed by atoms with Gasteiger partial charge in [0.15, 0.2) is 11.5 Å². The van der Waals surface area contributed by atoms with Crippen LogP contribution >= 0.6 is 11.6 Å². The molecule has 2 heterocycles. The molecule has 4 rings (SSSR count). The number of nitrogens with one attached hydrogen (secondary N) is 1. The summed E-state index contributed by atoms with van der Waals surface area (Å²) in [4.78, 5) is 8.47. The van der Waals surface area contributed by atoms with E-state index in [1.165, 1.54) is 30.6 Å². The number of anilines is 1. The highest BCUT2D eigenvalue weighted by molar-refractivity contribution is 6.30. The van der Waals surface area contributed by atoms with E-state index in [4.69, 9.17) is 17.4 Å². The van der Waals surface area contributed by atoms with E-state index in [0.29, 0.717) is 22.5 Å². The van der Waals surface area contributed by atoms with Crippen molar-refractivity contribution in [2.75, 3.05) is 5.43 Å². The lowest BCUT2D eigenvalue weighted by Gasteiger charge is -2.06. The Morgan fingerprint density at radius 3 is 2.50 bits per heavy atom. The fraction of sp³-hybridized carbons (Fsp3) is 0. The van der Waals surface area contributed by atoms with E-state index >= 15 is 0 Å². The van der Waals surface area contributed by atoms with E-state index in [9.17, 15) is 8.78 Å². The number of benzene rings is 2. The smallest absolute Gasteiger partial charge is 0.153 e. The number of halogens is 3. The number of rotatable bonds is 3. The lowest BCUT2D eigenvalue weighted by molar-refractivity contribution is 0.627. The SMILES string of the molecule is NNc1ncnc2c1c(-c1ccc(F)cc1)cn2-c1ccc(F)c(Cl)c1. The highest BCUT2D eigenvalue weighted by atomic mass is 35.5. The van der Waals surface area contributed by atoms with Crippen molar-refractivity contribution in [3.63, 3.8) is 0 Å². The molecular formula is C18H12ClF2N5. The molecule has 0 fully saturated rings. The molecule has 0 atom stereocenters. The summed E-state index contributed by atoms with van der Waals surface area (Å²) < 4.78 is 28.6. The van der Waals surface area contributed by atoms with Crippen molar-refractivity contribution >= 4 is 28.5 Å². The average Bonchev–Trinajstić information content (AvgIpc) is 3.04. The van der Waals surface area contributed by atoms with Gasteiger partial charge in [-0.3, -0.25) is 0 Å². The highest BCUT2D eigenvalue weighted by Crippen LogP contribution is 2.35. The number of hydrogen-bond donors (Lipinski definition) is 2. The van der Waals surface area contributed by atoms with Crippen LogP contribution in [0.5, 0.6) is 0 Å². The number of aromatic nitrogens is 3. The van der Waals surface area contributed by atoms with Crippen LogP contribution in [0.4, 0.5) is 14.6 Å². The Balaban J connectivity index is 2.03. The Bertz CT molecular complexity index is 1110. The predicted octanol–water partition coefficient (Wildman–Crippen LogP) is 4.30. The zero-order valence-electron chi connectivity index (χ0n) is 13.2. The molecule has 0 bridgehead atoms. The van der Waals surface area contributed by atoms with Gasteiger partial charge in [-0.15, -0.1) is 0 Å². The Morgan fingerprint density at radius 1 is 1.04 bits per heavy atom. The minimum Gasteiger partial charge on any atom is -0.308 e. The molecule has 8 heteroatoms. The van der Waals surface area contributed by atoms with Crippen molar-refractivity contribution < 1.29 is 8.78 Å². The molecule has 130 valence electrons. The van der Waals surface area contributed by atoms with Crippen LogP contribution in [0.1, 0.15) is 0 Å². The second-order valence-electron chi connectivity index (χ2n) is 5.58. The molecule has 0 unspecified atom stereocenters. The van der Waals surface area contributed by atoms with Crippen molar-refractivity contribution in [2.45, 2.75) is 0 Å². The van der Waals surface area contributed by atoms with Crippen LogP contribution in [0.15, 0.2) is 55.0 Å². The fourth-order valence-electron chi connectivity index (χ4n) is 2.85. The Morgan fingerprint density at radius 2 is 1.81 bits per heavy atom. The largest absolute Gasteiger partial charge is 0.308 e. The van der Waals surface area contributed by atoms with Crippen LogP contribution in [0.25, 0.3) is 27.8 Å². The van der Waals surface area contributed by atoms with Crippen LogP contribution in [-0.4, -0.2) is 14.5 Å². The van der Waals surface area contributed by atoms with Crippen molar-refractivity contribution in [3.05, 3.63) is 71.6 Å². The van der Waals surface area contributed by atoms with Gasteiger partial charge in [-0.1, -0.05) is 23.7 Å². The summed E-state index contributed by atoms with van der Waals surface area (Å²) in [6.07, 6.45) is 3.17. The van der Waals surface area contributed by atoms with Crippen molar-refractivity contribution in [2.24, 2.45) is 5.84 Å². The molecule has 0 aliphatic rings. The maximum atomic E-state index is 13.5. The van der Waals surface area contributed by atoms with Gasteiger partial charge in [0.2, 0.25) is 0 Å². The van der Waals surface area contributed by atoms with E-state index in [2.05, 4.69) is 15.4 Å². The standard InChI is InChI=1S/C18H12ClF2N5/c19-14-7-12(5-6-15(14)21)26-8-13(10-1-3-11(20)4-2-10)16-17(25-22)23-9-24-18(16)26/h1-9H,22H2,(H,23,24,25). The molecule has 0 saturated heterocycles. The van der Waals surface area contributed by atoms with Crippen molar-refractivity contribution in [1.82, 2.24) is 14.5 Å². The molecule has 0 amide bonds. The van der Waals surface area contributed by atoms with Crippen LogP contribution < -0.4 is 11.3 Å². The van der Waals surface area contributed by atoms with Gasteiger partial charge < -0.3 is 9.99 Å². The first-order chi connectivity index (χ1) is 12.6. The van der Waals surface area contributed by atoms with E-state index in [1.807, 2.05) is 0 Å². The predicted molar refractivity (Wildman–Crippen MR) is 97.0 cm³/mol. The van der Waals surface area contributed by atoms with Crippen LogP contribution in [0.3, 0.4) is 0 Å². The molecule has 2 aromatic heterocycles. The molecule has 0 saturated carbocycles. The van der Waals surface area contributed by atoms with Gasteiger partial charge in [0.05, 0.1) is 10.4 Å². The number of fused-ring (bicyclic) bond motifs is 1. The normalized spacial score (nSPS) is 11.1. The lowest BCUT2D eigenvalue weighted by atomic mass is 10.1. The molecule has 0 spiro atoms. The molecule has 0 aliphatic carbocycles. The quantitative estimate of drug-likeness (QED) is 0.416. The van der Waals surface area contributed by atoms with E-state index in [1.54, 1.807) is 29.0 Å². The molecule has 3 N–H and O–H groups in total. The maximum absolute atomic E-state index is 13.5. The zero-order valence-corrected chi connectivity index (χ0v) is 14.0. The second kappa shape index (κ2) is 6.36. The summed E-state index contributed by atoms with van der Waals surface area (Å²) in [6, 6.07) is 10.4. The molecule has 26 heavy (non-hydrogen) atoms. The van der Waals surface area contributed by atoms with Gasteiger partial charge in [-0.05, 0) is 35.9 Å². The number of nitrogens with two attached hydrogens (primary N) is 1. The topological polar surface area (TPSA) is 68.8 Å². The first-order valence-corrected chi connectivity index (χ1v) is 8.00. The van der Waals surface area contributed by atoms with Gasteiger partial charge in [0.1, 0.15) is 18.0 Å². The minimum absolute atomic E-state index is 0.00101. The third kappa shape index (κ3) is 2.67. The van der Waals surface area contributed by atoms with Gasteiger partial charge >= 0.3 is 0 Å². The van der Waals surface area contributed by atoms with E-state index in [-0.39, 0.29) is 10.8 Å². The van der Waals surface area contributed by atoms with Gasteiger partial charge in [0, 0.05) is 17.4 Å². The molecule has 0 radical (unpaired) electrons. The van der Waals surface area contributed by atoms with Crippen molar-refractivity contribution in [1.29, 1.82) is 0 Å². The number of nitrogen functional groups attached to an aromatic ring is 1. The molecule has 4 aromatic rings. The van der Waals surface area contributed by atoms with Crippen LogP contribution in [-0.2, 0) is 0 Å². The van der Waals surface area contributed by atoms with Crippen LogP contribution in [0.2, 0.25) is 5.02 Å². The highest BCUT2D eigenvalue weighted by Gasteiger charge is 2.17. The summed E-state index contributed by atoms with van der Waals surface area (Å²) in [6.45, 7) is 0. The zero-order chi connectivity index (χ0) is 18.3. The summed E-state index contributed by atoms with van der Waals surface area (Å²) in [7, 11) is 0. The van der Waals surface area contributed by atoms with E-state index < -0.39 is 5.82 Å². The summed E-state index contributed by atoms with van der Waals surface area (Å²) >= 11 is 5.92. The molecule has 5 nitrogen and oxygen atoms in total. The molecule has 0 aliphatic heterocycles. The number of hydrazine groups is 1. The third-order valence-electron chi connectivity index (χ3n) is 4.06. The molecular weight excluding hydrogens is 360 g/mol. The van der Waals surface area contributed by atoms with Gasteiger partial charge in [-0.2, -0.15) is 0 Å². The Hall–Kier alpha value is -3.03. The fourth-order valence-corrected chi connectivity index (χ4v) is 3.03. The maximum Gasteiger partial charge on any atom is 0.153 e. The van der Waals surface area contributed by atoms with E-state index in [0.717, 1.165) is 11.1 Å². The first kappa shape index (κ1) is 16.4. The summed E-state index contributed by atoms with van der Waals surface area (Å²) in [5, 5.41) is 0.654. The van der Waals surface area contributed by atoms with Gasteiger partial charge in [0.25, 0.3) is 0 Å². The molecule has 2 aromatic carbocycles. The second-order valence-corrected chi connectivity index (χ2v) is 5.99. The summed E-state index contributed by atoms with van der Waals surface area (Å²) in [5.74, 6) is 5.17. The monoisotopic (exact) mass is 371 g/mol. The third-order valence-corrected chi connectivity index (χ3v) is 4.35. The van der Waals surface area contributed by atoms with Crippen molar-refractivity contribution in [3.8, 4) is 16.8 Å².